The lowest BCUT2D eigenvalue weighted by Crippen LogP contribution is -2.43. The van der Waals surface area contributed by atoms with Crippen LogP contribution >= 0.6 is 9.12 Å². The Morgan fingerprint density at radius 2 is 1.33 bits per heavy atom. The summed E-state index contributed by atoms with van der Waals surface area (Å²) in [4.78, 5) is 0. The predicted molar refractivity (Wildman–Crippen MR) is 56.3 cm³/mol. The Balaban J connectivity index is 1.90. The highest BCUT2D eigenvalue weighted by molar-refractivity contribution is 7.56. The molecule has 0 aromatic heterocycles. The van der Waals surface area contributed by atoms with Crippen LogP contribution in [0.25, 0.3) is 0 Å². The van der Waals surface area contributed by atoms with Crippen LogP contribution in [0.1, 0.15) is 38.5 Å². The first kappa shape index (κ1) is 7.86. The molecular formula is C10H17BP. The first-order valence-electron chi connectivity index (χ1n) is 5.36. The van der Waals surface area contributed by atoms with Crippen LogP contribution in [0.15, 0.2) is 0 Å². The molecule has 0 heterocycles. The van der Waals surface area contributed by atoms with Crippen LogP contribution < -0.4 is 0 Å². The van der Waals surface area contributed by atoms with Crippen LogP contribution in [0.2, 0.25) is 5.31 Å². The Morgan fingerprint density at radius 3 is 1.67 bits per heavy atom. The van der Waals surface area contributed by atoms with Gasteiger partial charge in [-0.1, -0.05) is 24.6 Å². The highest BCUT2D eigenvalue weighted by Gasteiger charge is 2.49. The SMILES string of the molecule is P[B]C12CC3CC(CC(C3)C1)C2. The first-order chi connectivity index (χ1) is 5.80. The third-order valence-corrected chi connectivity index (χ3v) is 5.15. The maximum atomic E-state index is 2.88. The molecule has 0 aromatic carbocycles. The Bertz CT molecular complexity index is 167. The summed E-state index contributed by atoms with van der Waals surface area (Å²) in [6.45, 7) is 2.46. The van der Waals surface area contributed by atoms with Crippen LogP contribution in [0.4, 0.5) is 0 Å². The second-order valence-corrected chi connectivity index (χ2v) is 5.78. The van der Waals surface area contributed by atoms with Gasteiger partial charge in [-0.2, -0.15) is 9.12 Å². The van der Waals surface area contributed by atoms with Crippen molar-refractivity contribution >= 4 is 16.1 Å². The van der Waals surface area contributed by atoms with Crippen molar-refractivity contribution in [2.75, 3.05) is 0 Å². The van der Waals surface area contributed by atoms with Gasteiger partial charge in [-0.25, -0.2) is 0 Å². The van der Waals surface area contributed by atoms with Crippen LogP contribution in [-0.4, -0.2) is 7.00 Å². The third-order valence-electron chi connectivity index (χ3n) is 4.44. The zero-order valence-corrected chi connectivity index (χ0v) is 8.78. The van der Waals surface area contributed by atoms with Gasteiger partial charge in [-0.15, -0.1) is 0 Å². The zero-order chi connectivity index (χ0) is 8.18. The molecular weight excluding hydrogens is 162 g/mol. The number of hydrogen-bond donors (Lipinski definition) is 0. The molecule has 4 aliphatic rings. The lowest BCUT2D eigenvalue weighted by atomic mass is 9.43. The molecule has 4 fully saturated rings. The Labute approximate surface area is 78.3 Å². The van der Waals surface area contributed by atoms with Gasteiger partial charge in [0.2, 0.25) is 0 Å². The van der Waals surface area contributed by atoms with Crippen molar-refractivity contribution in [2.24, 2.45) is 17.8 Å². The maximum Gasteiger partial charge on any atom is 0.145 e. The lowest BCUT2D eigenvalue weighted by molar-refractivity contribution is 0.0297. The summed E-state index contributed by atoms with van der Waals surface area (Å²) in [5, 5.41) is 0.680. The van der Waals surface area contributed by atoms with E-state index in [0.717, 1.165) is 17.8 Å². The van der Waals surface area contributed by atoms with Crippen LogP contribution in [0, 0.1) is 17.8 Å². The van der Waals surface area contributed by atoms with Gasteiger partial charge < -0.3 is 0 Å². The first-order valence-corrected chi connectivity index (χ1v) is 6.02. The summed E-state index contributed by atoms with van der Waals surface area (Å²) in [6.07, 6.45) is 9.25. The molecule has 0 N–H and O–H groups in total. The van der Waals surface area contributed by atoms with Crippen molar-refractivity contribution in [3.63, 3.8) is 0 Å². The molecule has 1 atom stereocenters. The quantitative estimate of drug-likeness (QED) is 0.428. The van der Waals surface area contributed by atoms with Gasteiger partial charge in [0.25, 0.3) is 0 Å². The minimum atomic E-state index is 0.680. The van der Waals surface area contributed by atoms with Gasteiger partial charge in [0, 0.05) is 0 Å². The Hall–Kier alpha value is 0.495. The highest BCUT2D eigenvalue weighted by Crippen LogP contribution is 2.63. The van der Waals surface area contributed by atoms with Crippen LogP contribution in [0.3, 0.4) is 0 Å². The molecule has 65 valence electrons. The molecule has 1 radical (unpaired) electrons. The molecule has 4 aliphatic carbocycles. The number of rotatable bonds is 1. The summed E-state index contributed by atoms with van der Waals surface area (Å²) in [5.74, 6) is 3.31. The van der Waals surface area contributed by atoms with E-state index in [-0.39, 0.29) is 0 Å². The van der Waals surface area contributed by atoms with Crippen molar-refractivity contribution in [1.82, 2.24) is 0 Å². The normalized spacial score (nSPS) is 55.9. The van der Waals surface area contributed by atoms with Gasteiger partial charge in [-0.3, -0.25) is 0 Å². The van der Waals surface area contributed by atoms with E-state index >= 15 is 0 Å². The molecule has 0 aromatic rings. The molecule has 12 heavy (non-hydrogen) atoms. The van der Waals surface area contributed by atoms with E-state index in [2.05, 4.69) is 16.1 Å². The Kier molecular flexibility index (Phi) is 1.64. The van der Waals surface area contributed by atoms with Crippen LogP contribution in [-0.2, 0) is 0 Å². The van der Waals surface area contributed by atoms with Crippen molar-refractivity contribution in [1.29, 1.82) is 0 Å². The molecule has 4 saturated carbocycles. The topological polar surface area (TPSA) is 0 Å². The van der Waals surface area contributed by atoms with E-state index in [4.69, 9.17) is 0 Å². The standard InChI is InChI=1S/C10H17BP/c12-11-10-4-7-1-8(5-10)3-9(2-7)6-10/h7-9H,1-6,12H2. The second-order valence-electron chi connectivity index (χ2n) is 5.45. The summed E-state index contributed by atoms with van der Waals surface area (Å²) in [7, 11) is 2.88. The van der Waals surface area contributed by atoms with E-state index in [1.165, 1.54) is 19.3 Å². The molecule has 0 spiro atoms. The smallest absolute Gasteiger partial charge is 0.145 e. The number of hydrogen-bond acceptors (Lipinski definition) is 0. The molecule has 0 aliphatic heterocycles. The zero-order valence-electron chi connectivity index (χ0n) is 7.63. The molecule has 2 heteroatoms. The third kappa shape index (κ3) is 1.02. The summed E-state index contributed by atoms with van der Waals surface area (Å²) in [5.41, 5.74) is 0. The van der Waals surface area contributed by atoms with Gasteiger partial charge in [0.1, 0.15) is 7.00 Å². The van der Waals surface area contributed by atoms with Crippen LogP contribution in [0.5, 0.6) is 0 Å². The average Bonchev–Trinajstić information content (AvgIpc) is 2.02. The highest BCUT2D eigenvalue weighted by atomic mass is 31.0. The van der Waals surface area contributed by atoms with Gasteiger partial charge in [0.15, 0.2) is 0 Å². The van der Waals surface area contributed by atoms with Gasteiger partial charge in [-0.05, 0) is 37.0 Å². The Morgan fingerprint density at radius 1 is 0.917 bits per heavy atom. The van der Waals surface area contributed by atoms with E-state index < -0.39 is 0 Å². The summed E-state index contributed by atoms with van der Waals surface area (Å²) in [6, 6.07) is 0. The molecule has 4 rings (SSSR count). The fraction of sp³-hybridized carbons (Fsp3) is 1.00. The molecule has 0 nitrogen and oxygen atoms in total. The minimum Gasteiger partial charge on any atom is -0.177 e. The van der Waals surface area contributed by atoms with Gasteiger partial charge >= 0.3 is 0 Å². The van der Waals surface area contributed by atoms with E-state index in [9.17, 15) is 0 Å². The predicted octanol–water partition coefficient (Wildman–Crippen LogP) is 2.87. The molecule has 4 bridgehead atoms. The van der Waals surface area contributed by atoms with E-state index in [0.29, 0.717) is 5.31 Å². The molecule has 0 saturated heterocycles. The minimum absolute atomic E-state index is 0.680. The van der Waals surface area contributed by atoms with Crippen molar-refractivity contribution in [3.05, 3.63) is 0 Å². The summed E-state index contributed by atoms with van der Waals surface area (Å²) < 4.78 is 0. The van der Waals surface area contributed by atoms with Gasteiger partial charge in [0.05, 0.1) is 0 Å². The largest absolute Gasteiger partial charge is 0.177 e. The van der Waals surface area contributed by atoms with Crippen molar-refractivity contribution in [3.8, 4) is 0 Å². The lowest BCUT2D eigenvalue weighted by Gasteiger charge is -2.56. The molecule has 0 amide bonds. The van der Waals surface area contributed by atoms with E-state index in [1.807, 2.05) is 0 Å². The fourth-order valence-corrected chi connectivity index (χ4v) is 4.79. The summed E-state index contributed by atoms with van der Waals surface area (Å²) >= 11 is 0. The second kappa shape index (κ2) is 2.50. The monoisotopic (exact) mass is 179 g/mol. The maximum absolute atomic E-state index is 2.88. The fourth-order valence-electron chi connectivity index (χ4n) is 4.38. The average molecular weight is 179 g/mol. The van der Waals surface area contributed by atoms with Crippen molar-refractivity contribution in [2.45, 2.75) is 43.8 Å². The van der Waals surface area contributed by atoms with E-state index in [1.54, 1.807) is 19.3 Å². The molecule has 1 unspecified atom stereocenters. The van der Waals surface area contributed by atoms with Crippen molar-refractivity contribution < 1.29 is 0 Å².